The van der Waals surface area contributed by atoms with Gasteiger partial charge in [0.05, 0.1) is 6.04 Å². The van der Waals surface area contributed by atoms with Crippen LogP contribution in [0.3, 0.4) is 0 Å². The Morgan fingerprint density at radius 1 is 1.35 bits per heavy atom. The van der Waals surface area contributed by atoms with Crippen LogP contribution in [0.1, 0.15) is 18.4 Å². The molecule has 2 amide bonds. The van der Waals surface area contributed by atoms with Crippen molar-refractivity contribution in [2.45, 2.75) is 25.3 Å². The Morgan fingerprint density at radius 2 is 2.15 bits per heavy atom. The lowest BCUT2D eigenvalue weighted by Crippen LogP contribution is -2.51. The molecule has 0 saturated carbocycles. The number of hydrogen-bond donors (Lipinski definition) is 1. The third kappa shape index (κ3) is 4.68. The maximum Gasteiger partial charge on any atom is 0.317 e. The Balaban J connectivity index is 1.48. The number of hydrogen-bond acceptors (Lipinski definition) is 4. The van der Waals surface area contributed by atoms with Crippen molar-refractivity contribution in [3.8, 4) is 0 Å². The molecule has 3 rings (SSSR count). The number of urea groups is 1. The van der Waals surface area contributed by atoms with Crippen LogP contribution < -0.4 is 10.2 Å². The summed E-state index contributed by atoms with van der Waals surface area (Å²) in [6.45, 7) is 2.20. The fraction of sp³-hybridized carbons (Fsp3) is 0.421. The van der Waals surface area contributed by atoms with Crippen molar-refractivity contribution in [1.82, 2.24) is 20.4 Å². The molecule has 2 heterocycles. The quantitative estimate of drug-likeness (QED) is 0.893. The van der Waals surface area contributed by atoms with Crippen molar-refractivity contribution < 1.29 is 9.18 Å². The Bertz CT molecular complexity index is 710. The first-order valence-electron chi connectivity index (χ1n) is 8.91. The SMILES string of the molecule is CN(C(=O)NCCc1ccc(F)cc1)[C@@H]1CCCN(c2cccnn2)C1. The van der Waals surface area contributed by atoms with E-state index in [1.54, 1.807) is 23.2 Å². The van der Waals surface area contributed by atoms with Crippen LogP contribution in [-0.4, -0.2) is 53.9 Å². The van der Waals surface area contributed by atoms with Crippen molar-refractivity contribution in [1.29, 1.82) is 0 Å². The van der Waals surface area contributed by atoms with Crippen LogP contribution >= 0.6 is 0 Å². The summed E-state index contributed by atoms with van der Waals surface area (Å²) in [5.74, 6) is 0.602. The van der Waals surface area contributed by atoms with Gasteiger partial charge in [0.15, 0.2) is 5.82 Å². The predicted molar refractivity (Wildman–Crippen MR) is 98.5 cm³/mol. The number of carbonyl (C=O) groups is 1. The highest BCUT2D eigenvalue weighted by atomic mass is 19.1. The second-order valence-corrected chi connectivity index (χ2v) is 6.54. The topological polar surface area (TPSA) is 61.4 Å². The number of aromatic nitrogens is 2. The summed E-state index contributed by atoms with van der Waals surface area (Å²) in [4.78, 5) is 16.4. The molecular weight excluding hydrogens is 333 g/mol. The average Bonchev–Trinajstić information content (AvgIpc) is 2.69. The summed E-state index contributed by atoms with van der Waals surface area (Å²) in [7, 11) is 1.83. The maximum atomic E-state index is 12.9. The Labute approximate surface area is 153 Å². The molecule has 1 fully saturated rings. The number of anilines is 1. The molecule has 0 unspecified atom stereocenters. The minimum Gasteiger partial charge on any atom is -0.353 e. The monoisotopic (exact) mass is 357 g/mol. The number of benzene rings is 1. The Kier molecular flexibility index (Phi) is 5.99. The third-order valence-corrected chi connectivity index (χ3v) is 4.75. The molecule has 6 nitrogen and oxygen atoms in total. The highest BCUT2D eigenvalue weighted by Gasteiger charge is 2.26. The van der Waals surface area contributed by atoms with E-state index in [9.17, 15) is 9.18 Å². The molecule has 0 bridgehead atoms. The van der Waals surface area contributed by atoms with Crippen molar-refractivity contribution in [2.24, 2.45) is 0 Å². The van der Waals surface area contributed by atoms with Crippen molar-refractivity contribution in [2.75, 3.05) is 31.6 Å². The molecule has 1 N–H and O–H groups in total. The van der Waals surface area contributed by atoms with Gasteiger partial charge in [0.2, 0.25) is 0 Å². The molecule has 0 spiro atoms. The third-order valence-electron chi connectivity index (χ3n) is 4.75. The number of likely N-dealkylation sites (N-methyl/N-ethyl adjacent to an activating group) is 1. The van der Waals surface area contributed by atoms with E-state index in [1.807, 2.05) is 19.2 Å². The molecule has 26 heavy (non-hydrogen) atoms. The summed E-state index contributed by atoms with van der Waals surface area (Å²) in [5.41, 5.74) is 1.00. The van der Waals surface area contributed by atoms with Crippen LogP contribution in [0.5, 0.6) is 0 Å². The molecular formula is C19H24FN5O. The second kappa shape index (κ2) is 8.60. The van der Waals surface area contributed by atoms with Crippen LogP contribution in [0.2, 0.25) is 0 Å². The molecule has 1 aliphatic rings. The Hall–Kier alpha value is -2.70. The Morgan fingerprint density at radius 3 is 2.88 bits per heavy atom. The van der Waals surface area contributed by atoms with Gasteiger partial charge in [-0.1, -0.05) is 12.1 Å². The number of carbonyl (C=O) groups excluding carboxylic acids is 1. The van der Waals surface area contributed by atoms with Crippen LogP contribution in [-0.2, 0) is 6.42 Å². The van der Waals surface area contributed by atoms with Gasteiger partial charge in [-0.25, -0.2) is 9.18 Å². The van der Waals surface area contributed by atoms with Crippen LogP contribution in [0.25, 0.3) is 0 Å². The van der Waals surface area contributed by atoms with E-state index in [0.717, 1.165) is 37.3 Å². The summed E-state index contributed by atoms with van der Waals surface area (Å²) < 4.78 is 12.9. The van der Waals surface area contributed by atoms with Crippen molar-refractivity contribution in [3.05, 3.63) is 54.0 Å². The number of halogens is 1. The van der Waals surface area contributed by atoms with E-state index in [1.165, 1.54) is 12.1 Å². The van der Waals surface area contributed by atoms with Gasteiger partial charge in [-0.3, -0.25) is 0 Å². The smallest absolute Gasteiger partial charge is 0.317 e. The lowest BCUT2D eigenvalue weighted by atomic mass is 10.0. The zero-order valence-corrected chi connectivity index (χ0v) is 14.9. The molecule has 2 aromatic rings. The first-order valence-corrected chi connectivity index (χ1v) is 8.91. The first-order chi connectivity index (χ1) is 12.6. The standard InChI is InChI=1S/C19H24FN5O/c1-24(19(26)21-12-10-15-6-8-16(20)9-7-15)17-4-3-13-25(14-17)18-5-2-11-22-23-18/h2,5-9,11,17H,3-4,10,12-14H2,1H3,(H,21,26)/t17-/m1/s1. The van der Waals surface area contributed by atoms with Gasteiger partial charge < -0.3 is 15.1 Å². The number of piperidine rings is 1. The zero-order valence-electron chi connectivity index (χ0n) is 14.9. The lowest BCUT2D eigenvalue weighted by molar-refractivity contribution is 0.182. The van der Waals surface area contributed by atoms with Crippen molar-refractivity contribution in [3.63, 3.8) is 0 Å². The predicted octanol–water partition coefficient (Wildman–Crippen LogP) is 2.47. The lowest BCUT2D eigenvalue weighted by Gasteiger charge is -2.37. The normalized spacial score (nSPS) is 17.0. The van der Waals surface area contributed by atoms with Gasteiger partial charge in [-0.2, -0.15) is 5.10 Å². The van der Waals surface area contributed by atoms with Gasteiger partial charge in [0.1, 0.15) is 5.82 Å². The van der Waals surface area contributed by atoms with Crippen molar-refractivity contribution >= 4 is 11.8 Å². The van der Waals surface area contributed by atoms with E-state index < -0.39 is 0 Å². The minimum absolute atomic E-state index is 0.0851. The molecule has 1 aliphatic heterocycles. The number of rotatable bonds is 5. The summed E-state index contributed by atoms with van der Waals surface area (Å²) in [6, 6.07) is 10.2. The second-order valence-electron chi connectivity index (χ2n) is 6.54. The first kappa shape index (κ1) is 18.1. The molecule has 1 atom stereocenters. The molecule has 1 aromatic carbocycles. The van der Waals surface area contributed by atoms with Gasteiger partial charge in [-0.15, -0.1) is 5.10 Å². The molecule has 0 aliphatic carbocycles. The van der Waals surface area contributed by atoms with E-state index in [-0.39, 0.29) is 17.9 Å². The maximum absolute atomic E-state index is 12.9. The largest absolute Gasteiger partial charge is 0.353 e. The van der Waals surface area contributed by atoms with Gasteiger partial charge in [0, 0.05) is 32.9 Å². The van der Waals surface area contributed by atoms with E-state index in [0.29, 0.717) is 13.0 Å². The number of nitrogens with zero attached hydrogens (tertiary/aromatic N) is 4. The molecule has 1 aromatic heterocycles. The summed E-state index contributed by atoms with van der Waals surface area (Å²) >= 11 is 0. The van der Waals surface area contributed by atoms with E-state index in [2.05, 4.69) is 20.4 Å². The molecule has 7 heteroatoms. The highest BCUT2D eigenvalue weighted by molar-refractivity contribution is 5.74. The fourth-order valence-electron chi connectivity index (χ4n) is 3.20. The summed E-state index contributed by atoms with van der Waals surface area (Å²) in [5, 5.41) is 11.0. The van der Waals surface area contributed by atoms with E-state index >= 15 is 0 Å². The zero-order chi connectivity index (χ0) is 18.4. The van der Waals surface area contributed by atoms with Gasteiger partial charge in [-0.05, 0) is 49.1 Å². The fourth-order valence-corrected chi connectivity index (χ4v) is 3.20. The van der Waals surface area contributed by atoms with Gasteiger partial charge >= 0.3 is 6.03 Å². The number of nitrogens with one attached hydrogen (secondary N) is 1. The molecule has 0 radical (unpaired) electrons. The van der Waals surface area contributed by atoms with E-state index in [4.69, 9.17) is 0 Å². The molecule has 138 valence electrons. The summed E-state index contributed by atoms with van der Waals surface area (Å²) in [6.07, 6.45) is 4.31. The number of amides is 2. The minimum atomic E-state index is -0.248. The highest BCUT2D eigenvalue weighted by Crippen LogP contribution is 2.19. The van der Waals surface area contributed by atoms with Crippen LogP contribution in [0, 0.1) is 5.82 Å². The van der Waals surface area contributed by atoms with Gasteiger partial charge in [0.25, 0.3) is 0 Å². The van der Waals surface area contributed by atoms with Crippen LogP contribution in [0.15, 0.2) is 42.6 Å². The average molecular weight is 357 g/mol. The molecule has 1 saturated heterocycles. The van der Waals surface area contributed by atoms with Crippen LogP contribution in [0.4, 0.5) is 15.0 Å².